The molecule has 0 unspecified atom stereocenters. The van der Waals surface area contributed by atoms with Crippen LogP contribution in [-0.4, -0.2) is 23.2 Å². The number of aliphatic imine (C=N–C) groups is 1. The van der Waals surface area contributed by atoms with Crippen molar-refractivity contribution < 1.29 is 0 Å². The van der Waals surface area contributed by atoms with Gasteiger partial charge in [-0.05, 0) is 40.8 Å². The van der Waals surface area contributed by atoms with Gasteiger partial charge < -0.3 is 10.6 Å². The molecule has 5 nitrogen and oxygen atoms in total. The molecule has 0 aliphatic carbocycles. The first-order valence-corrected chi connectivity index (χ1v) is 9.04. The highest BCUT2D eigenvalue weighted by molar-refractivity contribution is 5.91. The van der Waals surface area contributed by atoms with Crippen LogP contribution in [0.2, 0.25) is 0 Å². The molecule has 2 N–H and O–H groups in total. The van der Waals surface area contributed by atoms with Crippen molar-refractivity contribution in [3.05, 3.63) is 85.0 Å². The van der Waals surface area contributed by atoms with E-state index in [1.807, 2.05) is 43.9 Å². The predicted octanol–water partition coefficient (Wildman–Crippen LogP) is 4.72. The predicted molar refractivity (Wildman–Crippen MR) is 118 cm³/mol. The first-order chi connectivity index (χ1) is 13.6. The quantitative estimate of drug-likeness (QED) is 0.662. The molecule has 0 amide bonds. The third kappa shape index (κ3) is 3.55. The molecule has 0 spiro atoms. The van der Waals surface area contributed by atoms with Gasteiger partial charge in [-0.2, -0.15) is 0 Å². The average Bonchev–Trinajstić information content (AvgIpc) is 3.27. The largest absolute Gasteiger partial charge is 0.387 e. The number of fused-ring (bicyclic) bond motifs is 1. The van der Waals surface area contributed by atoms with E-state index in [9.17, 15) is 0 Å². The van der Waals surface area contributed by atoms with Crippen LogP contribution in [0.15, 0.2) is 73.1 Å². The van der Waals surface area contributed by atoms with Crippen molar-refractivity contribution >= 4 is 39.8 Å². The highest BCUT2D eigenvalue weighted by atomic mass is 15.0. The van der Waals surface area contributed by atoms with Crippen LogP contribution >= 0.6 is 0 Å². The van der Waals surface area contributed by atoms with Crippen LogP contribution in [0.3, 0.4) is 0 Å². The van der Waals surface area contributed by atoms with Gasteiger partial charge in [-0.25, -0.2) is 4.98 Å². The Labute approximate surface area is 164 Å². The Morgan fingerprint density at radius 2 is 1.86 bits per heavy atom. The summed E-state index contributed by atoms with van der Waals surface area (Å²) in [7, 11) is 1.82. The number of anilines is 1. The van der Waals surface area contributed by atoms with Gasteiger partial charge in [-0.3, -0.25) is 9.98 Å². The van der Waals surface area contributed by atoms with Gasteiger partial charge in [0.2, 0.25) is 0 Å². The Morgan fingerprint density at radius 1 is 0.964 bits per heavy atom. The molecule has 28 heavy (non-hydrogen) atoms. The Hall–Kier alpha value is -3.73. The van der Waals surface area contributed by atoms with Crippen LogP contribution in [0.5, 0.6) is 0 Å². The zero-order valence-corrected chi connectivity index (χ0v) is 15.7. The van der Waals surface area contributed by atoms with E-state index in [0.717, 1.165) is 45.7 Å². The molecule has 3 heterocycles. The molecule has 1 aliphatic heterocycles. The van der Waals surface area contributed by atoms with E-state index in [1.165, 1.54) is 11.1 Å². The molecule has 0 bridgehead atoms. The average molecular weight is 367 g/mol. The lowest BCUT2D eigenvalue weighted by Gasteiger charge is -2.11. The number of nitrogens with zero attached hydrogens (tertiary/aromatic N) is 3. The zero-order valence-electron chi connectivity index (χ0n) is 15.7. The van der Waals surface area contributed by atoms with Gasteiger partial charge in [0.25, 0.3) is 0 Å². The minimum atomic E-state index is 0.740. The molecule has 1 aliphatic rings. The number of benzene rings is 1. The number of hydrogen-bond donors (Lipinski definition) is 2. The summed E-state index contributed by atoms with van der Waals surface area (Å²) in [5.41, 5.74) is 5.64. The molecule has 0 atom stereocenters. The third-order valence-corrected chi connectivity index (χ3v) is 4.74. The van der Waals surface area contributed by atoms with Crippen molar-refractivity contribution in [1.29, 1.82) is 0 Å². The van der Waals surface area contributed by atoms with Crippen LogP contribution in [0.25, 0.3) is 27.7 Å². The Kier molecular flexibility index (Phi) is 4.72. The highest BCUT2D eigenvalue weighted by Crippen LogP contribution is 2.26. The van der Waals surface area contributed by atoms with E-state index < -0.39 is 0 Å². The third-order valence-electron chi connectivity index (χ3n) is 4.74. The van der Waals surface area contributed by atoms with E-state index >= 15 is 0 Å². The maximum Gasteiger partial charge on any atom is 0.130 e. The van der Waals surface area contributed by atoms with E-state index in [1.54, 1.807) is 6.20 Å². The van der Waals surface area contributed by atoms with Gasteiger partial charge in [0.15, 0.2) is 0 Å². The van der Waals surface area contributed by atoms with Gasteiger partial charge in [0.1, 0.15) is 5.82 Å². The van der Waals surface area contributed by atoms with Crippen molar-refractivity contribution in [1.82, 2.24) is 15.3 Å². The molecule has 4 rings (SSSR count). The van der Waals surface area contributed by atoms with Crippen LogP contribution < -0.4 is 10.6 Å². The monoisotopic (exact) mass is 367 g/mol. The Bertz CT molecular complexity index is 1120. The van der Waals surface area contributed by atoms with E-state index in [0.29, 0.717) is 0 Å². The van der Waals surface area contributed by atoms with Crippen molar-refractivity contribution in [2.24, 2.45) is 4.99 Å². The van der Waals surface area contributed by atoms with Gasteiger partial charge in [0, 0.05) is 54.9 Å². The Morgan fingerprint density at radius 3 is 2.57 bits per heavy atom. The van der Waals surface area contributed by atoms with Crippen LogP contribution in [-0.2, 0) is 0 Å². The minimum Gasteiger partial charge on any atom is -0.387 e. The molecule has 0 saturated heterocycles. The molecule has 1 aromatic carbocycles. The normalized spacial score (nSPS) is 12.7. The molecule has 0 radical (unpaired) electrons. The molecule has 0 fully saturated rings. The van der Waals surface area contributed by atoms with Gasteiger partial charge in [0.05, 0.1) is 11.4 Å². The second kappa shape index (κ2) is 7.48. The number of nitrogens with one attached hydrogen (secondary N) is 2. The van der Waals surface area contributed by atoms with Crippen molar-refractivity contribution in [2.75, 3.05) is 12.4 Å². The van der Waals surface area contributed by atoms with Gasteiger partial charge >= 0.3 is 0 Å². The molecular formula is C23H21N5. The smallest absolute Gasteiger partial charge is 0.130 e. The van der Waals surface area contributed by atoms with E-state index in [4.69, 9.17) is 0 Å². The summed E-state index contributed by atoms with van der Waals surface area (Å²) in [6, 6.07) is 12.3. The van der Waals surface area contributed by atoms with Gasteiger partial charge in [-0.15, -0.1) is 0 Å². The molecular weight excluding hydrogens is 346 g/mol. The summed E-state index contributed by atoms with van der Waals surface area (Å²) < 4.78 is 0. The molecule has 5 heteroatoms. The number of rotatable bonds is 6. The summed E-state index contributed by atoms with van der Waals surface area (Å²) in [6.07, 6.45) is 8.36. The second-order valence-corrected chi connectivity index (χ2v) is 6.59. The molecule has 2 aromatic heterocycles. The molecule has 138 valence electrons. The topological polar surface area (TPSA) is 62.2 Å². The van der Waals surface area contributed by atoms with Crippen molar-refractivity contribution in [3.8, 4) is 0 Å². The fourth-order valence-electron chi connectivity index (χ4n) is 3.05. The lowest BCUT2D eigenvalue weighted by atomic mass is 10.0. The maximum absolute atomic E-state index is 4.50. The maximum atomic E-state index is 4.50. The summed E-state index contributed by atoms with van der Waals surface area (Å²) in [4.78, 5) is 13.1. The molecule has 0 saturated carbocycles. The summed E-state index contributed by atoms with van der Waals surface area (Å²) in [5.74, 6) is 0.745. The summed E-state index contributed by atoms with van der Waals surface area (Å²) >= 11 is 0. The lowest BCUT2D eigenvalue weighted by molar-refractivity contribution is 1.10. The van der Waals surface area contributed by atoms with Gasteiger partial charge in [-0.1, -0.05) is 25.3 Å². The second-order valence-electron chi connectivity index (χ2n) is 6.59. The summed E-state index contributed by atoms with van der Waals surface area (Å²) in [5, 5.41) is 8.49. The highest BCUT2D eigenvalue weighted by Gasteiger charge is 2.07. The minimum absolute atomic E-state index is 0.740. The Balaban J connectivity index is 1.55. The van der Waals surface area contributed by atoms with Crippen molar-refractivity contribution in [2.45, 2.75) is 6.42 Å². The van der Waals surface area contributed by atoms with Crippen molar-refractivity contribution in [3.63, 3.8) is 0 Å². The van der Waals surface area contributed by atoms with E-state index in [2.05, 4.69) is 57.0 Å². The first-order valence-electron chi connectivity index (χ1n) is 9.04. The van der Waals surface area contributed by atoms with E-state index in [-0.39, 0.29) is 0 Å². The fourth-order valence-corrected chi connectivity index (χ4v) is 3.05. The van der Waals surface area contributed by atoms with Crippen LogP contribution in [0, 0.1) is 0 Å². The number of hydrogen-bond acceptors (Lipinski definition) is 5. The SMILES string of the molecule is C=C(Nc1cc2cc(C3=CN=CC3)ccc2cn1)c1ccc(C(=C)NC)nc1. The molecule has 3 aromatic rings. The fraction of sp³-hybridized carbons (Fsp3) is 0.0870. The number of allylic oxidation sites excluding steroid dienone is 1. The lowest BCUT2D eigenvalue weighted by Crippen LogP contribution is -2.05. The first kappa shape index (κ1) is 17.7. The number of pyridine rings is 2. The summed E-state index contributed by atoms with van der Waals surface area (Å²) in [6.45, 7) is 8.04. The standard InChI is InChI=1S/C23H21N5/c1-15(18-6-7-22(26-13-18)16(2)24-3)28-23-11-21-10-17(20-8-9-25-12-20)4-5-19(21)14-27-23/h4-7,9-14,24H,1-2,8H2,3H3,(H,27,28). The number of aromatic nitrogens is 2. The van der Waals surface area contributed by atoms with Crippen LogP contribution in [0.4, 0.5) is 5.82 Å². The zero-order chi connectivity index (χ0) is 19.5. The van der Waals surface area contributed by atoms with Crippen LogP contribution in [0.1, 0.15) is 23.2 Å².